The Morgan fingerprint density at radius 1 is 1.41 bits per heavy atom. The Bertz CT molecular complexity index is 691. The third kappa shape index (κ3) is 3.84. The van der Waals surface area contributed by atoms with Gasteiger partial charge in [-0.05, 0) is 34.7 Å². The molecule has 0 spiro atoms. The minimum Gasteiger partial charge on any atom is -0.493 e. The first-order chi connectivity index (χ1) is 10.4. The molecule has 22 heavy (non-hydrogen) atoms. The van der Waals surface area contributed by atoms with Gasteiger partial charge in [-0.1, -0.05) is 0 Å². The molecule has 2 aromatic rings. The molecule has 1 heterocycles. The van der Waals surface area contributed by atoms with Gasteiger partial charge in [-0.15, -0.1) is 0 Å². The maximum atomic E-state index is 12.3. The van der Waals surface area contributed by atoms with Gasteiger partial charge in [0.1, 0.15) is 0 Å². The number of amides is 1. The van der Waals surface area contributed by atoms with Crippen LogP contribution in [0.15, 0.2) is 24.4 Å². The topological polar surface area (TPSA) is 65.4 Å². The molecule has 0 saturated carbocycles. The molecule has 118 valence electrons. The molecule has 0 aliphatic carbocycles. The Morgan fingerprint density at radius 2 is 2.14 bits per heavy atom. The summed E-state index contributed by atoms with van der Waals surface area (Å²) in [6, 6.07) is 4.13. The lowest BCUT2D eigenvalue weighted by Gasteiger charge is -2.11. The average molecular weight is 423 g/mol. The first-order valence-corrected chi connectivity index (χ1v) is 7.12. The quantitative estimate of drug-likeness (QED) is 0.752. The number of halogens is 3. The van der Waals surface area contributed by atoms with Crippen LogP contribution in [0.3, 0.4) is 0 Å². The first-order valence-electron chi connectivity index (χ1n) is 6.04. The number of nitrogens with zero attached hydrogens (tertiary/aromatic N) is 2. The molecule has 2 rings (SSSR count). The number of aryl methyl sites for hydroxylation is 1. The van der Waals surface area contributed by atoms with Crippen molar-refractivity contribution < 1.29 is 23.0 Å². The molecule has 1 aromatic heterocycles. The Morgan fingerprint density at radius 3 is 2.68 bits per heavy atom. The number of nitrogens with one attached hydrogen (secondary N) is 1. The molecule has 0 radical (unpaired) electrons. The number of carbonyl (C=O) groups is 1. The lowest BCUT2D eigenvalue weighted by Crippen LogP contribution is -2.14. The van der Waals surface area contributed by atoms with E-state index in [1.807, 2.05) is 22.6 Å². The molecule has 0 fully saturated rings. The fourth-order valence-electron chi connectivity index (χ4n) is 1.74. The van der Waals surface area contributed by atoms with E-state index in [4.69, 9.17) is 4.74 Å². The summed E-state index contributed by atoms with van der Waals surface area (Å²) in [5.41, 5.74) is 0.653. The molecule has 0 aliphatic rings. The Balaban J connectivity index is 2.19. The molecule has 0 atom stereocenters. The van der Waals surface area contributed by atoms with E-state index in [-0.39, 0.29) is 17.2 Å². The summed E-state index contributed by atoms with van der Waals surface area (Å²) in [6.45, 7) is -2.95. The van der Waals surface area contributed by atoms with Crippen molar-refractivity contribution in [1.82, 2.24) is 9.78 Å². The molecular formula is C13H12F2IN3O3. The zero-order chi connectivity index (χ0) is 16.3. The van der Waals surface area contributed by atoms with E-state index in [9.17, 15) is 13.6 Å². The number of methoxy groups -OCH3 is 1. The van der Waals surface area contributed by atoms with Crippen LogP contribution in [0.1, 0.15) is 10.5 Å². The van der Waals surface area contributed by atoms with Crippen molar-refractivity contribution >= 4 is 34.2 Å². The van der Waals surface area contributed by atoms with Crippen molar-refractivity contribution in [3.05, 3.63) is 33.7 Å². The SMILES string of the molecule is COc1cc(NC(=O)c2nn(C)cc2I)ccc1OC(F)F. The molecule has 0 saturated heterocycles. The molecule has 1 aromatic carbocycles. The standard InChI is InChI=1S/C13H12F2IN3O3/c1-19-6-8(16)11(18-19)12(20)17-7-3-4-9(22-13(14)15)10(5-7)21-2/h3-6,13H,1-2H3,(H,17,20). The van der Waals surface area contributed by atoms with Gasteiger partial charge in [0.25, 0.3) is 5.91 Å². The number of benzene rings is 1. The number of ether oxygens (including phenoxy) is 2. The smallest absolute Gasteiger partial charge is 0.387 e. The van der Waals surface area contributed by atoms with Crippen molar-refractivity contribution in [3.63, 3.8) is 0 Å². The van der Waals surface area contributed by atoms with Crippen LogP contribution in [0, 0.1) is 3.57 Å². The number of anilines is 1. The van der Waals surface area contributed by atoms with Gasteiger partial charge in [-0.25, -0.2) is 0 Å². The zero-order valence-electron chi connectivity index (χ0n) is 11.6. The summed E-state index contributed by atoms with van der Waals surface area (Å²) in [5.74, 6) is -0.425. The van der Waals surface area contributed by atoms with Crippen molar-refractivity contribution in [2.75, 3.05) is 12.4 Å². The molecule has 1 amide bonds. The van der Waals surface area contributed by atoms with Crippen molar-refractivity contribution in [2.45, 2.75) is 6.61 Å². The highest BCUT2D eigenvalue weighted by Gasteiger charge is 2.16. The van der Waals surface area contributed by atoms with Crippen molar-refractivity contribution in [2.24, 2.45) is 7.05 Å². The molecule has 6 nitrogen and oxygen atoms in total. The summed E-state index contributed by atoms with van der Waals surface area (Å²) in [5, 5.41) is 6.67. The van der Waals surface area contributed by atoms with Gasteiger partial charge in [0.2, 0.25) is 0 Å². The number of hydrogen-bond acceptors (Lipinski definition) is 4. The molecule has 9 heteroatoms. The predicted molar refractivity (Wildman–Crippen MR) is 83.5 cm³/mol. The van der Waals surface area contributed by atoms with Crippen LogP contribution in [-0.2, 0) is 7.05 Å². The molecule has 1 N–H and O–H groups in total. The Kier molecular flexibility index (Phi) is 5.16. The molecular weight excluding hydrogens is 411 g/mol. The van der Waals surface area contributed by atoms with Gasteiger partial charge in [0, 0.05) is 25.0 Å². The molecule has 0 bridgehead atoms. The monoisotopic (exact) mass is 423 g/mol. The van der Waals surface area contributed by atoms with E-state index in [0.717, 1.165) is 0 Å². The Hall–Kier alpha value is -1.91. The van der Waals surface area contributed by atoms with Gasteiger partial charge in [0.15, 0.2) is 17.2 Å². The first kappa shape index (κ1) is 16.5. The Labute approximate surface area is 138 Å². The van der Waals surface area contributed by atoms with Crippen LogP contribution < -0.4 is 14.8 Å². The van der Waals surface area contributed by atoms with Crippen LogP contribution in [0.2, 0.25) is 0 Å². The van der Waals surface area contributed by atoms with Gasteiger partial charge in [0.05, 0.1) is 10.7 Å². The summed E-state index contributed by atoms with van der Waals surface area (Å²) in [4.78, 5) is 12.1. The number of rotatable bonds is 5. The van der Waals surface area contributed by atoms with E-state index < -0.39 is 12.5 Å². The highest BCUT2D eigenvalue weighted by atomic mass is 127. The van der Waals surface area contributed by atoms with Gasteiger partial charge in [-0.2, -0.15) is 13.9 Å². The fraction of sp³-hybridized carbons (Fsp3) is 0.231. The van der Waals surface area contributed by atoms with Crippen LogP contribution >= 0.6 is 22.6 Å². The van der Waals surface area contributed by atoms with Crippen LogP contribution in [0.4, 0.5) is 14.5 Å². The maximum absolute atomic E-state index is 12.3. The summed E-state index contributed by atoms with van der Waals surface area (Å²) in [7, 11) is 3.03. The van der Waals surface area contributed by atoms with E-state index in [1.54, 1.807) is 13.2 Å². The van der Waals surface area contributed by atoms with Crippen molar-refractivity contribution in [1.29, 1.82) is 0 Å². The lowest BCUT2D eigenvalue weighted by molar-refractivity contribution is -0.0512. The number of aromatic nitrogens is 2. The van der Waals surface area contributed by atoms with E-state index in [0.29, 0.717) is 9.26 Å². The second-order valence-corrected chi connectivity index (χ2v) is 5.36. The number of carbonyl (C=O) groups excluding carboxylic acids is 1. The average Bonchev–Trinajstić information content (AvgIpc) is 2.79. The lowest BCUT2D eigenvalue weighted by atomic mass is 10.2. The number of alkyl halides is 2. The van der Waals surface area contributed by atoms with E-state index in [1.165, 1.54) is 30.0 Å². The number of hydrogen-bond donors (Lipinski definition) is 1. The van der Waals surface area contributed by atoms with Crippen LogP contribution in [-0.4, -0.2) is 29.4 Å². The minimum absolute atomic E-state index is 0.0915. The fourth-order valence-corrected chi connectivity index (χ4v) is 2.50. The molecule has 0 unspecified atom stereocenters. The maximum Gasteiger partial charge on any atom is 0.387 e. The minimum atomic E-state index is -2.95. The summed E-state index contributed by atoms with van der Waals surface area (Å²) >= 11 is 2.00. The second-order valence-electron chi connectivity index (χ2n) is 4.20. The molecule has 0 aliphatic heterocycles. The largest absolute Gasteiger partial charge is 0.493 e. The van der Waals surface area contributed by atoms with Crippen LogP contribution in [0.25, 0.3) is 0 Å². The third-order valence-electron chi connectivity index (χ3n) is 2.64. The second kappa shape index (κ2) is 6.90. The summed E-state index contributed by atoms with van der Waals surface area (Å²) < 4.78 is 36.0. The normalized spacial score (nSPS) is 10.6. The highest BCUT2D eigenvalue weighted by Crippen LogP contribution is 2.31. The highest BCUT2D eigenvalue weighted by molar-refractivity contribution is 14.1. The van der Waals surface area contributed by atoms with Gasteiger partial charge >= 0.3 is 6.61 Å². The van der Waals surface area contributed by atoms with Crippen LogP contribution in [0.5, 0.6) is 11.5 Å². The zero-order valence-corrected chi connectivity index (χ0v) is 13.8. The van der Waals surface area contributed by atoms with Gasteiger partial charge in [-0.3, -0.25) is 9.48 Å². The predicted octanol–water partition coefficient (Wildman–Crippen LogP) is 2.89. The van der Waals surface area contributed by atoms with Gasteiger partial charge < -0.3 is 14.8 Å². The van der Waals surface area contributed by atoms with E-state index in [2.05, 4.69) is 15.2 Å². The van der Waals surface area contributed by atoms with E-state index >= 15 is 0 Å². The third-order valence-corrected chi connectivity index (χ3v) is 3.43. The summed E-state index contributed by atoms with van der Waals surface area (Å²) in [6.07, 6.45) is 1.70. The van der Waals surface area contributed by atoms with Crippen molar-refractivity contribution in [3.8, 4) is 11.5 Å².